The fourth-order valence-electron chi connectivity index (χ4n) is 1.58. The minimum Gasteiger partial charge on any atom is -0.315 e. The second kappa shape index (κ2) is 8.63. The van der Waals surface area contributed by atoms with E-state index in [2.05, 4.69) is 17.2 Å². The maximum Gasteiger partial charge on any atom is 0.266 e. The number of nitrogens with zero attached hydrogens (tertiary/aromatic N) is 2. The fraction of sp³-hybridized carbons (Fsp3) is 0.667. The highest BCUT2D eigenvalue weighted by atomic mass is 127. The Morgan fingerprint density at radius 2 is 2.18 bits per heavy atom. The Bertz CT molecular complexity index is 378. The quantitative estimate of drug-likeness (QED) is 0.577. The molecule has 1 N–H and O–H groups in total. The van der Waals surface area contributed by atoms with Gasteiger partial charge in [0.1, 0.15) is 0 Å². The molecule has 96 valence electrons. The summed E-state index contributed by atoms with van der Waals surface area (Å²) in [5.74, 6) is 0. The van der Waals surface area contributed by atoms with Gasteiger partial charge in [0, 0.05) is 19.3 Å². The lowest BCUT2D eigenvalue weighted by molar-refractivity contribution is 0.549. The molecule has 0 unspecified atom stereocenters. The van der Waals surface area contributed by atoms with Gasteiger partial charge in [-0.3, -0.25) is 9.36 Å². The Hall–Kier alpha value is -0.430. The highest BCUT2D eigenvalue weighted by Gasteiger charge is 1.99. The van der Waals surface area contributed by atoms with Crippen LogP contribution in [0.2, 0.25) is 0 Å². The summed E-state index contributed by atoms with van der Waals surface area (Å²) in [6.45, 7) is 4.76. The highest BCUT2D eigenvalue weighted by Crippen LogP contribution is 1.97. The average Bonchev–Trinajstić information content (AvgIpc) is 2.33. The first-order valence-corrected chi connectivity index (χ1v) is 7.24. The lowest BCUT2D eigenvalue weighted by atomic mass is 10.2. The first kappa shape index (κ1) is 14.6. The summed E-state index contributed by atoms with van der Waals surface area (Å²) < 4.78 is 2.33. The Morgan fingerprint density at radius 1 is 1.35 bits per heavy atom. The Labute approximate surface area is 116 Å². The summed E-state index contributed by atoms with van der Waals surface area (Å²) >= 11 is 2.02. The van der Waals surface area contributed by atoms with Crippen molar-refractivity contribution >= 4 is 22.6 Å². The van der Waals surface area contributed by atoms with Crippen molar-refractivity contribution in [1.82, 2.24) is 14.9 Å². The molecule has 1 heterocycles. The molecular weight excluding hydrogens is 329 g/mol. The van der Waals surface area contributed by atoms with Crippen LogP contribution in [0.5, 0.6) is 0 Å². The molecule has 4 nitrogen and oxygen atoms in total. The lowest BCUT2D eigenvalue weighted by Gasteiger charge is -2.06. The van der Waals surface area contributed by atoms with Gasteiger partial charge in [-0.2, -0.15) is 0 Å². The summed E-state index contributed by atoms with van der Waals surface area (Å²) in [7, 11) is 0. The summed E-state index contributed by atoms with van der Waals surface area (Å²) in [6.07, 6.45) is 8.27. The lowest BCUT2D eigenvalue weighted by Crippen LogP contribution is -2.28. The highest BCUT2D eigenvalue weighted by molar-refractivity contribution is 14.1. The molecule has 0 aliphatic rings. The number of nitrogens with one attached hydrogen (secondary N) is 1. The number of hydrogen-bond acceptors (Lipinski definition) is 3. The Kier molecular flexibility index (Phi) is 7.43. The van der Waals surface area contributed by atoms with E-state index in [-0.39, 0.29) is 5.56 Å². The molecule has 0 saturated carbocycles. The van der Waals surface area contributed by atoms with Crippen molar-refractivity contribution < 1.29 is 0 Å². The van der Waals surface area contributed by atoms with Gasteiger partial charge in [-0.1, -0.05) is 26.2 Å². The molecule has 0 fully saturated rings. The zero-order valence-electron chi connectivity index (χ0n) is 10.3. The summed E-state index contributed by atoms with van der Waals surface area (Å²) in [5.41, 5.74) is 0.0494. The smallest absolute Gasteiger partial charge is 0.266 e. The van der Waals surface area contributed by atoms with Gasteiger partial charge in [0.25, 0.3) is 5.56 Å². The molecule has 1 aromatic heterocycles. The first-order valence-electron chi connectivity index (χ1n) is 6.16. The standard InChI is InChI=1S/C12H20IN3O/c1-2-3-4-5-6-14-7-8-16-10-15-9-11(13)12(16)17/h9-10,14H,2-8H2,1H3. The third kappa shape index (κ3) is 5.63. The van der Waals surface area contributed by atoms with E-state index in [1.807, 2.05) is 22.6 Å². The average molecular weight is 349 g/mol. The Morgan fingerprint density at radius 3 is 2.94 bits per heavy atom. The van der Waals surface area contributed by atoms with Crippen LogP contribution in [0, 0.1) is 3.57 Å². The van der Waals surface area contributed by atoms with Crippen LogP contribution in [0.4, 0.5) is 0 Å². The second-order valence-electron chi connectivity index (χ2n) is 4.05. The molecule has 0 spiro atoms. The predicted octanol–water partition coefficient (Wildman–Crippen LogP) is 2.02. The van der Waals surface area contributed by atoms with Crippen LogP contribution in [0.25, 0.3) is 0 Å². The summed E-state index contributed by atoms with van der Waals surface area (Å²) in [5, 5.41) is 3.35. The topological polar surface area (TPSA) is 46.9 Å². The number of halogens is 1. The van der Waals surface area contributed by atoms with Crippen LogP contribution >= 0.6 is 22.6 Å². The first-order chi connectivity index (χ1) is 8.25. The van der Waals surface area contributed by atoms with Crippen molar-refractivity contribution in [2.24, 2.45) is 0 Å². The monoisotopic (exact) mass is 349 g/mol. The maximum atomic E-state index is 11.7. The fourth-order valence-corrected chi connectivity index (χ4v) is 2.06. The molecule has 1 aromatic rings. The van der Waals surface area contributed by atoms with Crippen LogP contribution in [-0.4, -0.2) is 22.6 Å². The van der Waals surface area contributed by atoms with Gasteiger partial charge >= 0.3 is 0 Å². The minimum absolute atomic E-state index is 0.0494. The minimum atomic E-state index is 0.0494. The summed E-state index contributed by atoms with van der Waals surface area (Å²) in [4.78, 5) is 15.7. The molecule has 1 rings (SSSR count). The zero-order chi connectivity index (χ0) is 12.5. The molecule has 0 amide bonds. The SMILES string of the molecule is CCCCCCNCCn1cncc(I)c1=O. The van der Waals surface area contributed by atoms with E-state index >= 15 is 0 Å². The molecule has 5 heteroatoms. The number of hydrogen-bond donors (Lipinski definition) is 1. The molecule has 0 saturated heterocycles. The van der Waals surface area contributed by atoms with Crippen LogP contribution in [0.3, 0.4) is 0 Å². The van der Waals surface area contributed by atoms with Gasteiger partial charge in [0.15, 0.2) is 0 Å². The van der Waals surface area contributed by atoms with Crippen molar-refractivity contribution in [1.29, 1.82) is 0 Å². The molecule has 0 aliphatic carbocycles. The van der Waals surface area contributed by atoms with Crippen molar-refractivity contribution in [3.05, 3.63) is 26.4 Å². The summed E-state index contributed by atoms with van der Waals surface area (Å²) in [6, 6.07) is 0. The normalized spacial score (nSPS) is 10.7. The largest absolute Gasteiger partial charge is 0.315 e. The van der Waals surface area contributed by atoms with E-state index in [0.717, 1.165) is 13.1 Å². The number of rotatable bonds is 8. The van der Waals surface area contributed by atoms with Gasteiger partial charge in [-0.25, -0.2) is 4.98 Å². The van der Waals surface area contributed by atoms with E-state index in [4.69, 9.17) is 0 Å². The zero-order valence-corrected chi connectivity index (χ0v) is 12.4. The van der Waals surface area contributed by atoms with Gasteiger partial charge < -0.3 is 5.32 Å². The van der Waals surface area contributed by atoms with E-state index in [0.29, 0.717) is 10.1 Å². The molecule has 0 bridgehead atoms. The van der Waals surface area contributed by atoms with E-state index < -0.39 is 0 Å². The maximum absolute atomic E-state index is 11.7. The predicted molar refractivity (Wildman–Crippen MR) is 78.2 cm³/mol. The second-order valence-corrected chi connectivity index (χ2v) is 5.21. The molecule has 0 atom stereocenters. The molecule has 17 heavy (non-hydrogen) atoms. The van der Waals surface area contributed by atoms with Crippen LogP contribution < -0.4 is 10.9 Å². The molecular formula is C12H20IN3O. The van der Waals surface area contributed by atoms with Crippen molar-refractivity contribution in [3.63, 3.8) is 0 Å². The van der Waals surface area contributed by atoms with Gasteiger partial charge in [0.05, 0.1) is 9.90 Å². The number of aromatic nitrogens is 2. The molecule has 0 aliphatic heterocycles. The van der Waals surface area contributed by atoms with Crippen molar-refractivity contribution in [3.8, 4) is 0 Å². The van der Waals surface area contributed by atoms with Gasteiger partial charge in [0.2, 0.25) is 0 Å². The van der Waals surface area contributed by atoms with E-state index in [9.17, 15) is 4.79 Å². The van der Waals surface area contributed by atoms with Gasteiger partial charge in [-0.15, -0.1) is 0 Å². The van der Waals surface area contributed by atoms with E-state index in [1.165, 1.54) is 25.7 Å². The van der Waals surface area contributed by atoms with Crippen LogP contribution in [0.15, 0.2) is 17.3 Å². The third-order valence-electron chi connectivity index (χ3n) is 2.60. The van der Waals surface area contributed by atoms with Crippen LogP contribution in [-0.2, 0) is 6.54 Å². The number of unbranched alkanes of at least 4 members (excludes halogenated alkanes) is 3. The van der Waals surface area contributed by atoms with Crippen LogP contribution in [0.1, 0.15) is 32.6 Å². The molecule has 0 radical (unpaired) electrons. The van der Waals surface area contributed by atoms with Gasteiger partial charge in [-0.05, 0) is 35.6 Å². The third-order valence-corrected chi connectivity index (χ3v) is 3.34. The van der Waals surface area contributed by atoms with Crippen molar-refractivity contribution in [2.45, 2.75) is 39.2 Å². The Balaban J connectivity index is 2.18. The van der Waals surface area contributed by atoms with Crippen molar-refractivity contribution in [2.75, 3.05) is 13.1 Å². The molecule has 0 aromatic carbocycles. The van der Waals surface area contributed by atoms with E-state index in [1.54, 1.807) is 17.1 Å².